The van der Waals surface area contributed by atoms with Gasteiger partial charge in [-0.15, -0.1) is 5.10 Å². The summed E-state index contributed by atoms with van der Waals surface area (Å²) in [6.07, 6.45) is 4.96. The molecule has 1 saturated carbocycles. The zero-order valence-electron chi connectivity index (χ0n) is 19.9. The van der Waals surface area contributed by atoms with E-state index < -0.39 is 5.97 Å². The molecule has 0 aromatic carbocycles. The van der Waals surface area contributed by atoms with Crippen LogP contribution in [-0.2, 0) is 23.2 Å². The fourth-order valence-corrected chi connectivity index (χ4v) is 4.50. The van der Waals surface area contributed by atoms with Crippen molar-refractivity contribution in [1.82, 2.24) is 29.9 Å². The molecule has 5 rings (SSSR count). The molecule has 0 spiro atoms. The Morgan fingerprint density at radius 3 is 2.86 bits per heavy atom. The Morgan fingerprint density at radius 1 is 1.26 bits per heavy atom. The third-order valence-electron chi connectivity index (χ3n) is 6.64. The number of anilines is 1. The molecular weight excluding hydrogens is 450 g/mol. The Balaban J connectivity index is 1.31. The quantitative estimate of drug-likeness (QED) is 0.514. The van der Waals surface area contributed by atoms with Crippen LogP contribution in [0, 0.1) is 6.92 Å². The van der Waals surface area contributed by atoms with Gasteiger partial charge in [0.25, 0.3) is 0 Å². The van der Waals surface area contributed by atoms with E-state index in [-0.39, 0.29) is 19.1 Å². The van der Waals surface area contributed by atoms with E-state index in [1.807, 2.05) is 32.2 Å². The first kappa shape index (κ1) is 23.2. The van der Waals surface area contributed by atoms with E-state index in [9.17, 15) is 4.79 Å². The Kier molecular flexibility index (Phi) is 6.58. The summed E-state index contributed by atoms with van der Waals surface area (Å²) in [4.78, 5) is 26.8. The van der Waals surface area contributed by atoms with Crippen LogP contribution >= 0.6 is 0 Å². The van der Waals surface area contributed by atoms with Gasteiger partial charge in [0.1, 0.15) is 18.0 Å². The third-order valence-corrected chi connectivity index (χ3v) is 6.64. The number of aryl methyl sites for hydroxylation is 2. The molecule has 11 nitrogen and oxygen atoms in total. The molecule has 0 amide bonds. The number of rotatable bonds is 8. The van der Waals surface area contributed by atoms with Crippen molar-refractivity contribution < 1.29 is 19.4 Å². The molecule has 0 radical (unpaired) electrons. The first-order valence-corrected chi connectivity index (χ1v) is 11.9. The van der Waals surface area contributed by atoms with Crippen LogP contribution in [0.15, 0.2) is 24.4 Å². The highest BCUT2D eigenvalue weighted by Crippen LogP contribution is 2.35. The molecule has 35 heavy (non-hydrogen) atoms. The fourth-order valence-electron chi connectivity index (χ4n) is 4.50. The van der Waals surface area contributed by atoms with Gasteiger partial charge in [0.2, 0.25) is 0 Å². The lowest BCUT2D eigenvalue weighted by atomic mass is 9.83. The highest BCUT2D eigenvalue weighted by atomic mass is 16.5. The molecule has 2 aliphatic rings. The van der Waals surface area contributed by atoms with Gasteiger partial charge in [0.15, 0.2) is 0 Å². The van der Waals surface area contributed by atoms with Crippen molar-refractivity contribution in [3.63, 3.8) is 0 Å². The minimum atomic E-state index is -0.861. The lowest BCUT2D eigenvalue weighted by Gasteiger charge is -2.34. The van der Waals surface area contributed by atoms with Crippen LogP contribution in [0.3, 0.4) is 0 Å². The number of hydrogen-bond acceptors (Lipinski definition) is 9. The maximum Gasteiger partial charge on any atom is 0.316 e. The van der Waals surface area contributed by atoms with Crippen LogP contribution in [0.1, 0.15) is 48.7 Å². The zero-order valence-corrected chi connectivity index (χ0v) is 19.9. The number of aromatic nitrogens is 6. The summed E-state index contributed by atoms with van der Waals surface area (Å²) >= 11 is 0. The number of morpholine rings is 1. The van der Waals surface area contributed by atoms with Gasteiger partial charge in [-0.3, -0.25) is 4.79 Å². The highest BCUT2D eigenvalue weighted by molar-refractivity contribution is 5.68. The SMILES string of the molecule is Cc1nc(-c2nnn(C)c2COc2nccc(C3CCC3)n2)ccc1N1CCOC(CC(=O)O)C1. The van der Waals surface area contributed by atoms with Gasteiger partial charge < -0.3 is 19.5 Å². The predicted octanol–water partition coefficient (Wildman–Crippen LogP) is 2.50. The van der Waals surface area contributed by atoms with E-state index >= 15 is 0 Å². The molecule has 3 aromatic rings. The number of carboxylic acids is 1. The first-order valence-electron chi connectivity index (χ1n) is 11.9. The lowest BCUT2D eigenvalue weighted by molar-refractivity contribution is -0.140. The molecule has 1 saturated heterocycles. The van der Waals surface area contributed by atoms with Crippen molar-refractivity contribution in [3.8, 4) is 17.4 Å². The minimum absolute atomic E-state index is 0.0166. The van der Waals surface area contributed by atoms with E-state index in [4.69, 9.17) is 19.6 Å². The monoisotopic (exact) mass is 479 g/mol. The molecule has 3 aromatic heterocycles. The fraction of sp³-hybridized carbons (Fsp3) is 0.500. The van der Waals surface area contributed by atoms with E-state index in [1.165, 1.54) is 6.42 Å². The van der Waals surface area contributed by atoms with Crippen molar-refractivity contribution in [2.75, 3.05) is 24.6 Å². The molecule has 1 unspecified atom stereocenters. The Morgan fingerprint density at radius 2 is 2.11 bits per heavy atom. The number of aliphatic carboxylic acids is 1. The number of ether oxygens (including phenoxy) is 2. The van der Waals surface area contributed by atoms with Gasteiger partial charge in [0, 0.05) is 32.3 Å². The molecule has 0 bridgehead atoms. The van der Waals surface area contributed by atoms with Crippen LogP contribution in [0.25, 0.3) is 11.4 Å². The number of carbonyl (C=O) groups is 1. The van der Waals surface area contributed by atoms with Gasteiger partial charge in [0.05, 0.1) is 41.9 Å². The summed E-state index contributed by atoms with van der Waals surface area (Å²) < 4.78 is 13.2. The predicted molar refractivity (Wildman–Crippen MR) is 126 cm³/mol. The molecule has 1 aliphatic carbocycles. The number of nitrogens with zero attached hydrogens (tertiary/aromatic N) is 7. The van der Waals surface area contributed by atoms with Gasteiger partial charge in [-0.2, -0.15) is 4.98 Å². The van der Waals surface area contributed by atoms with E-state index in [1.54, 1.807) is 10.9 Å². The van der Waals surface area contributed by atoms with Crippen molar-refractivity contribution in [2.24, 2.45) is 7.05 Å². The van der Waals surface area contributed by atoms with Crippen molar-refractivity contribution >= 4 is 11.7 Å². The average Bonchev–Trinajstić information content (AvgIpc) is 3.17. The zero-order chi connectivity index (χ0) is 24.4. The summed E-state index contributed by atoms with van der Waals surface area (Å²) in [6.45, 7) is 3.83. The number of carboxylic acid groups (broad SMARTS) is 1. The number of pyridine rings is 1. The van der Waals surface area contributed by atoms with Crippen LogP contribution in [0.4, 0.5) is 5.69 Å². The van der Waals surface area contributed by atoms with Crippen molar-refractivity contribution in [3.05, 3.63) is 41.5 Å². The van der Waals surface area contributed by atoms with Crippen LogP contribution in [0.2, 0.25) is 0 Å². The molecule has 1 aliphatic heterocycles. The second-order valence-corrected chi connectivity index (χ2v) is 9.03. The van der Waals surface area contributed by atoms with Crippen LogP contribution in [-0.4, -0.2) is 66.8 Å². The van der Waals surface area contributed by atoms with Gasteiger partial charge >= 0.3 is 12.0 Å². The van der Waals surface area contributed by atoms with Gasteiger partial charge in [-0.05, 0) is 38.0 Å². The largest absolute Gasteiger partial charge is 0.481 e. The minimum Gasteiger partial charge on any atom is -0.481 e. The Hall–Kier alpha value is -3.60. The normalized spacial score (nSPS) is 18.3. The van der Waals surface area contributed by atoms with Crippen LogP contribution < -0.4 is 9.64 Å². The summed E-state index contributed by atoms with van der Waals surface area (Å²) in [5.41, 5.74) is 4.92. The summed E-state index contributed by atoms with van der Waals surface area (Å²) in [7, 11) is 1.82. The second-order valence-electron chi connectivity index (χ2n) is 9.03. The molecule has 4 heterocycles. The second kappa shape index (κ2) is 9.95. The Bertz CT molecular complexity index is 1210. The van der Waals surface area contributed by atoms with Gasteiger partial charge in [-0.1, -0.05) is 11.6 Å². The highest BCUT2D eigenvalue weighted by Gasteiger charge is 2.25. The third kappa shape index (κ3) is 5.09. The average molecular weight is 480 g/mol. The maximum atomic E-state index is 11.1. The van der Waals surface area contributed by atoms with E-state index in [0.29, 0.717) is 43.0 Å². The molecular formula is C24H29N7O4. The standard InChI is InChI=1S/C24H29N7O4/c1-15-20(31-10-11-34-17(13-31)12-22(32)33)7-6-19(26-15)23-21(30(2)29-28-23)14-35-24-25-9-8-18(27-24)16-4-3-5-16/h6-9,16-17H,3-5,10-14H2,1-2H3,(H,32,33). The Labute approximate surface area is 203 Å². The van der Waals surface area contributed by atoms with Crippen molar-refractivity contribution in [1.29, 1.82) is 0 Å². The lowest BCUT2D eigenvalue weighted by Crippen LogP contribution is -2.43. The molecule has 184 valence electrons. The van der Waals surface area contributed by atoms with E-state index in [0.717, 1.165) is 35.6 Å². The smallest absolute Gasteiger partial charge is 0.316 e. The first-order chi connectivity index (χ1) is 17.0. The molecule has 11 heteroatoms. The molecule has 1 atom stereocenters. The summed E-state index contributed by atoms with van der Waals surface area (Å²) in [6, 6.07) is 6.21. The number of hydrogen-bond donors (Lipinski definition) is 1. The van der Waals surface area contributed by atoms with Crippen LogP contribution in [0.5, 0.6) is 6.01 Å². The topological polar surface area (TPSA) is 128 Å². The van der Waals surface area contributed by atoms with Gasteiger partial charge in [-0.25, -0.2) is 14.6 Å². The maximum absolute atomic E-state index is 11.1. The molecule has 2 fully saturated rings. The summed E-state index contributed by atoms with van der Waals surface area (Å²) in [5, 5.41) is 17.6. The molecule has 1 N–H and O–H groups in total. The summed E-state index contributed by atoms with van der Waals surface area (Å²) in [5.74, 6) is -0.356. The van der Waals surface area contributed by atoms with E-state index in [2.05, 4.69) is 25.2 Å². The van der Waals surface area contributed by atoms with Crippen molar-refractivity contribution in [2.45, 2.75) is 51.2 Å².